The second-order valence-corrected chi connectivity index (χ2v) is 20.6. The van der Waals surface area contributed by atoms with Crippen LogP contribution in [0.2, 0.25) is 0 Å². The highest BCUT2D eigenvalue weighted by atomic mass is 16.6. The van der Waals surface area contributed by atoms with Crippen molar-refractivity contribution >= 4 is 11.9 Å². The van der Waals surface area contributed by atoms with E-state index in [1.807, 2.05) is 0 Å². The molecule has 0 spiro atoms. The van der Waals surface area contributed by atoms with E-state index in [1.54, 1.807) is 0 Å². The van der Waals surface area contributed by atoms with Gasteiger partial charge in [0.15, 0.2) is 6.10 Å². The molecular formula is C67H118O5. The summed E-state index contributed by atoms with van der Waals surface area (Å²) in [6, 6.07) is 0. The van der Waals surface area contributed by atoms with Gasteiger partial charge >= 0.3 is 11.9 Å². The SMILES string of the molecule is CCCCC/C=C\C/C=C\C/C=C\CCCCCCCCC(=O)OCC(COCCCCCCCCCC/C=C\C/C=C\CCCCC)OC(=O)CCCCCCCCCCC/C=C\C/C=C\CCCCC. The van der Waals surface area contributed by atoms with Gasteiger partial charge in [0.1, 0.15) is 6.61 Å². The van der Waals surface area contributed by atoms with Crippen LogP contribution in [0.25, 0.3) is 0 Å². The summed E-state index contributed by atoms with van der Waals surface area (Å²) in [4.78, 5) is 25.6. The normalized spacial score (nSPS) is 12.8. The number of esters is 2. The lowest BCUT2D eigenvalue weighted by atomic mass is 10.1. The highest BCUT2D eigenvalue weighted by Gasteiger charge is 2.17. The second-order valence-electron chi connectivity index (χ2n) is 20.6. The average molecular weight is 1000 g/mol. The molecule has 0 aromatic rings. The molecule has 0 radical (unpaired) electrons. The number of unbranched alkanes of at least 4 members (excludes halogenated alkanes) is 32. The topological polar surface area (TPSA) is 61.8 Å². The molecule has 72 heavy (non-hydrogen) atoms. The van der Waals surface area contributed by atoms with Crippen LogP contribution in [0.1, 0.15) is 303 Å². The van der Waals surface area contributed by atoms with Gasteiger partial charge in [-0.3, -0.25) is 9.59 Å². The van der Waals surface area contributed by atoms with Crippen LogP contribution in [0.5, 0.6) is 0 Å². The van der Waals surface area contributed by atoms with Crippen molar-refractivity contribution in [2.75, 3.05) is 19.8 Å². The Hall–Kier alpha value is -2.92. The number of ether oxygens (including phenoxy) is 3. The fraction of sp³-hybridized carbons (Fsp3) is 0.761. The summed E-state index contributed by atoms with van der Waals surface area (Å²) in [5.41, 5.74) is 0. The highest BCUT2D eigenvalue weighted by Crippen LogP contribution is 2.15. The number of hydrogen-bond acceptors (Lipinski definition) is 5. The lowest BCUT2D eigenvalue weighted by Crippen LogP contribution is -2.30. The predicted molar refractivity (Wildman–Crippen MR) is 316 cm³/mol. The Balaban J connectivity index is 4.32. The molecule has 0 rings (SSSR count). The van der Waals surface area contributed by atoms with E-state index in [2.05, 4.69) is 106 Å². The van der Waals surface area contributed by atoms with Gasteiger partial charge in [0, 0.05) is 19.4 Å². The summed E-state index contributed by atoms with van der Waals surface area (Å²) in [5.74, 6) is -0.411. The molecular weight excluding hydrogens is 885 g/mol. The zero-order valence-electron chi connectivity index (χ0n) is 47.9. The summed E-state index contributed by atoms with van der Waals surface area (Å²) in [7, 11) is 0. The highest BCUT2D eigenvalue weighted by molar-refractivity contribution is 5.70. The molecule has 0 fully saturated rings. The van der Waals surface area contributed by atoms with Gasteiger partial charge in [-0.1, -0.05) is 254 Å². The number of hydrogen-bond donors (Lipinski definition) is 0. The van der Waals surface area contributed by atoms with Crippen LogP contribution in [-0.4, -0.2) is 37.9 Å². The maximum absolute atomic E-state index is 12.9. The van der Waals surface area contributed by atoms with Crippen molar-refractivity contribution in [2.24, 2.45) is 0 Å². The van der Waals surface area contributed by atoms with E-state index in [-0.39, 0.29) is 25.2 Å². The maximum Gasteiger partial charge on any atom is 0.306 e. The molecule has 0 aliphatic rings. The first-order chi connectivity index (χ1) is 35.6. The molecule has 0 aromatic heterocycles. The van der Waals surface area contributed by atoms with Crippen LogP contribution >= 0.6 is 0 Å². The molecule has 0 aromatic carbocycles. The molecule has 1 unspecified atom stereocenters. The van der Waals surface area contributed by atoms with Crippen LogP contribution in [0, 0.1) is 0 Å². The third-order valence-corrected chi connectivity index (χ3v) is 13.4. The summed E-state index contributed by atoms with van der Waals surface area (Å²) >= 11 is 0. The molecule has 0 aliphatic carbocycles. The molecule has 5 nitrogen and oxygen atoms in total. The van der Waals surface area contributed by atoms with Crippen molar-refractivity contribution in [2.45, 2.75) is 309 Å². The molecule has 0 aliphatic heterocycles. The first-order valence-corrected chi connectivity index (χ1v) is 31.1. The lowest BCUT2D eigenvalue weighted by Gasteiger charge is -2.18. The standard InChI is InChI=1S/C67H118O5/c1-4-7-10-13-16-19-22-25-28-31-34-36-39-42-45-48-51-54-57-60-66(68)71-64-65(63-70-62-59-56-53-50-47-44-41-38-33-30-27-24-21-18-15-12-9-6-3)72-67(69)61-58-55-52-49-46-43-40-37-35-32-29-26-23-20-17-14-11-8-5-2/h16-21,25-30,34,36,65H,4-15,22-24,31-33,35,37-64H2,1-3H3/b19-16-,20-17-,21-18-,28-25-,29-26-,30-27-,36-34-. The Labute approximate surface area is 448 Å². The van der Waals surface area contributed by atoms with E-state index in [9.17, 15) is 9.59 Å². The molecule has 0 amide bonds. The van der Waals surface area contributed by atoms with E-state index in [0.717, 1.165) is 83.5 Å². The Kier molecular flexibility index (Phi) is 59.8. The first-order valence-electron chi connectivity index (χ1n) is 31.1. The van der Waals surface area contributed by atoms with Gasteiger partial charge < -0.3 is 14.2 Å². The minimum absolute atomic E-state index is 0.0723. The van der Waals surface area contributed by atoms with E-state index < -0.39 is 6.10 Å². The number of carbonyl (C=O) groups is 2. The average Bonchev–Trinajstić information content (AvgIpc) is 3.38. The van der Waals surface area contributed by atoms with E-state index in [0.29, 0.717) is 19.4 Å². The van der Waals surface area contributed by atoms with Crippen LogP contribution in [0.3, 0.4) is 0 Å². The quantitative estimate of drug-likeness (QED) is 0.0345. The smallest absolute Gasteiger partial charge is 0.306 e. The molecule has 0 saturated heterocycles. The summed E-state index contributed by atoms with van der Waals surface area (Å²) < 4.78 is 17.5. The van der Waals surface area contributed by atoms with E-state index in [4.69, 9.17) is 14.2 Å². The van der Waals surface area contributed by atoms with Crippen LogP contribution in [0.4, 0.5) is 0 Å². The molecule has 0 bridgehead atoms. The van der Waals surface area contributed by atoms with Crippen LogP contribution in [0.15, 0.2) is 85.1 Å². The zero-order valence-corrected chi connectivity index (χ0v) is 47.9. The van der Waals surface area contributed by atoms with Gasteiger partial charge in [-0.25, -0.2) is 0 Å². The van der Waals surface area contributed by atoms with Gasteiger partial charge in [0.05, 0.1) is 6.61 Å². The van der Waals surface area contributed by atoms with Crippen LogP contribution < -0.4 is 0 Å². The van der Waals surface area contributed by atoms with E-state index >= 15 is 0 Å². The molecule has 5 heteroatoms. The third kappa shape index (κ3) is 59.6. The number of rotatable bonds is 57. The van der Waals surface area contributed by atoms with Crippen molar-refractivity contribution in [3.63, 3.8) is 0 Å². The van der Waals surface area contributed by atoms with Crippen molar-refractivity contribution in [1.29, 1.82) is 0 Å². The van der Waals surface area contributed by atoms with Gasteiger partial charge in [0.2, 0.25) is 0 Å². The van der Waals surface area contributed by atoms with Crippen molar-refractivity contribution in [3.05, 3.63) is 85.1 Å². The van der Waals surface area contributed by atoms with Gasteiger partial charge in [-0.15, -0.1) is 0 Å². The fourth-order valence-corrected chi connectivity index (χ4v) is 8.70. The second kappa shape index (κ2) is 62.4. The Morgan fingerprint density at radius 1 is 0.306 bits per heavy atom. The van der Waals surface area contributed by atoms with Gasteiger partial charge in [-0.2, -0.15) is 0 Å². The largest absolute Gasteiger partial charge is 0.462 e. The molecule has 0 N–H and O–H groups in total. The summed E-state index contributed by atoms with van der Waals surface area (Å²) in [6.07, 6.45) is 83.2. The van der Waals surface area contributed by atoms with Gasteiger partial charge in [0.25, 0.3) is 0 Å². The Bertz CT molecular complexity index is 1320. The molecule has 0 saturated carbocycles. The van der Waals surface area contributed by atoms with Gasteiger partial charge in [-0.05, 0) is 122 Å². The minimum Gasteiger partial charge on any atom is -0.462 e. The molecule has 0 heterocycles. The van der Waals surface area contributed by atoms with E-state index in [1.165, 1.54) is 186 Å². The zero-order chi connectivity index (χ0) is 52.0. The molecule has 416 valence electrons. The summed E-state index contributed by atoms with van der Waals surface area (Å²) in [5, 5.41) is 0. The van der Waals surface area contributed by atoms with Crippen molar-refractivity contribution < 1.29 is 23.8 Å². The lowest BCUT2D eigenvalue weighted by molar-refractivity contribution is -0.163. The Morgan fingerprint density at radius 3 is 0.931 bits per heavy atom. The number of allylic oxidation sites excluding steroid dienone is 14. The first kappa shape index (κ1) is 69.1. The third-order valence-electron chi connectivity index (χ3n) is 13.4. The van der Waals surface area contributed by atoms with Crippen molar-refractivity contribution in [1.82, 2.24) is 0 Å². The Morgan fingerprint density at radius 2 is 0.583 bits per heavy atom. The van der Waals surface area contributed by atoms with Crippen molar-refractivity contribution in [3.8, 4) is 0 Å². The maximum atomic E-state index is 12.9. The number of carbonyl (C=O) groups excluding carboxylic acids is 2. The van der Waals surface area contributed by atoms with Crippen LogP contribution in [-0.2, 0) is 23.8 Å². The predicted octanol–water partition coefficient (Wildman–Crippen LogP) is 21.6. The monoisotopic (exact) mass is 1000 g/mol. The summed E-state index contributed by atoms with van der Waals surface area (Å²) in [6.45, 7) is 7.75. The minimum atomic E-state index is -0.553. The fourth-order valence-electron chi connectivity index (χ4n) is 8.70. The molecule has 1 atom stereocenters.